The summed E-state index contributed by atoms with van der Waals surface area (Å²) < 4.78 is 23.4. The van der Waals surface area contributed by atoms with Crippen LogP contribution in [0, 0.1) is 0 Å². The Kier molecular flexibility index (Phi) is 5.50. The fraction of sp³-hybridized carbons (Fsp3) is 0.133. The maximum Gasteiger partial charge on any atom is 0.234 e. The molecular weight excluding hydrogens is 342 g/mol. The van der Waals surface area contributed by atoms with Crippen molar-refractivity contribution in [3.8, 4) is 0 Å². The first kappa shape index (κ1) is 16.9. The van der Waals surface area contributed by atoms with Crippen LogP contribution in [0.1, 0.15) is 0 Å². The van der Waals surface area contributed by atoms with Crippen LogP contribution in [0.4, 0.5) is 5.69 Å². The lowest BCUT2D eigenvalue weighted by atomic mass is 10.3. The van der Waals surface area contributed by atoms with Crippen LogP contribution < -0.4 is 5.32 Å². The third-order valence-corrected chi connectivity index (χ3v) is 5.43. The lowest BCUT2D eigenvalue weighted by Crippen LogP contribution is -2.16. The first-order valence-electron chi connectivity index (χ1n) is 6.34. The number of rotatable bonds is 5. The summed E-state index contributed by atoms with van der Waals surface area (Å²) in [5.74, 6) is -0.150. The first-order valence-corrected chi connectivity index (χ1v) is 9.59. The van der Waals surface area contributed by atoms with Gasteiger partial charge in [0.25, 0.3) is 0 Å². The summed E-state index contributed by atoms with van der Waals surface area (Å²) in [6, 6.07) is 13.5. The Balaban J connectivity index is 2.06. The molecule has 2 aromatic rings. The highest BCUT2D eigenvalue weighted by Gasteiger charge is 2.14. The summed E-state index contributed by atoms with van der Waals surface area (Å²) in [6.07, 6.45) is 1.11. The molecule has 0 bridgehead atoms. The molecule has 0 saturated carbocycles. The van der Waals surface area contributed by atoms with E-state index >= 15 is 0 Å². The minimum Gasteiger partial charge on any atom is -0.324 e. The average Bonchev–Trinajstić information content (AvgIpc) is 2.46. The van der Waals surface area contributed by atoms with Crippen LogP contribution in [0.15, 0.2) is 58.3 Å². The van der Waals surface area contributed by atoms with Gasteiger partial charge >= 0.3 is 0 Å². The number of amides is 1. The lowest BCUT2D eigenvalue weighted by Gasteiger charge is -2.09. The predicted molar refractivity (Wildman–Crippen MR) is 90.4 cm³/mol. The maximum atomic E-state index is 12.0. The highest BCUT2D eigenvalue weighted by Crippen LogP contribution is 2.27. The number of hydrogen-bond donors (Lipinski definition) is 1. The fourth-order valence-corrected chi connectivity index (χ4v) is 3.67. The van der Waals surface area contributed by atoms with Crippen molar-refractivity contribution in [2.45, 2.75) is 9.79 Å². The highest BCUT2D eigenvalue weighted by atomic mass is 35.5. The van der Waals surface area contributed by atoms with Crippen LogP contribution in [-0.4, -0.2) is 26.3 Å². The van der Waals surface area contributed by atoms with Crippen LogP contribution in [0.2, 0.25) is 5.02 Å². The summed E-state index contributed by atoms with van der Waals surface area (Å²) in [6.45, 7) is 0. The summed E-state index contributed by atoms with van der Waals surface area (Å²) in [5, 5.41) is 3.21. The van der Waals surface area contributed by atoms with Crippen molar-refractivity contribution in [3.63, 3.8) is 0 Å². The minimum absolute atomic E-state index is 0.103. The van der Waals surface area contributed by atoms with E-state index in [4.69, 9.17) is 11.6 Å². The Hall–Kier alpha value is -1.50. The Morgan fingerprint density at radius 3 is 2.45 bits per heavy atom. The number of thioether (sulfide) groups is 1. The second-order valence-corrected chi connectivity index (χ2v) is 7.94. The van der Waals surface area contributed by atoms with Crippen LogP contribution in [0.25, 0.3) is 0 Å². The summed E-state index contributed by atoms with van der Waals surface area (Å²) >= 11 is 7.32. The molecule has 0 aromatic heterocycles. The largest absolute Gasteiger partial charge is 0.324 e. The summed E-state index contributed by atoms with van der Waals surface area (Å²) in [7, 11) is -3.40. The van der Waals surface area contributed by atoms with Gasteiger partial charge in [0.15, 0.2) is 9.84 Å². The number of carbonyl (C=O) groups is 1. The molecule has 1 N–H and O–H groups in total. The topological polar surface area (TPSA) is 63.2 Å². The smallest absolute Gasteiger partial charge is 0.234 e. The molecule has 0 radical (unpaired) electrons. The van der Waals surface area contributed by atoms with Crippen molar-refractivity contribution in [3.05, 3.63) is 53.6 Å². The van der Waals surface area contributed by atoms with Gasteiger partial charge in [-0.15, -0.1) is 11.8 Å². The van der Waals surface area contributed by atoms with E-state index in [0.717, 1.165) is 11.2 Å². The van der Waals surface area contributed by atoms with Crippen molar-refractivity contribution in [1.82, 2.24) is 0 Å². The maximum absolute atomic E-state index is 12.0. The van der Waals surface area contributed by atoms with Gasteiger partial charge in [-0.05, 0) is 24.3 Å². The van der Waals surface area contributed by atoms with Crippen LogP contribution >= 0.6 is 23.4 Å². The van der Waals surface area contributed by atoms with E-state index < -0.39 is 9.84 Å². The molecule has 0 fully saturated rings. The van der Waals surface area contributed by atoms with Gasteiger partial charge in [-0.25, -0.2) is 8.42 Å². The number of halogens is 1. The molecular formula is C15H14ClNO3S2. The molecule has 2 rings (SSSR count). The molecule has 0 saturated heterocycles. The predicted octanol–water partition coefficient (Wildman–Crippen LogP) is 3.47. The van der Waals surface area contributed by atoms with Crippen molar-refractivity contribution in [2.24, 2.45) is 0 Å². The third kappa shape index (κ3) is 4.50. The zero-order valence-electron chi connectivity index (χ0n) is 11.7. The molecule has 116 valence electrons. The minimum atomic E-state index is -3.40. The molecule has 0 aliphatic carbocycles. The van der Waals surface area contributed by atoms with E-state index in [1.165, 1.54) is 17.8 Å². The molecule has 0 atom stereocenters. The number of carbonyl (C=O) groups excluding carboxylic acids is 1. The number of benzene rings is 2. The van der Waals surface area contributed by atoms with E-state index in [1.54, 1.807) is 24.3 Å². The van der Waals surface area contributed by atoms with Gasteiger partial charge in [-0.2, -0.15) is 0 Å². The Morgan fingerprint density at radius 2 is 1.77 bits per heavy atom. The van der Waals surface area contributed by atoms with Gasteiger partial charge in [-0.1, -0.05) is 35.9 Å². The quantitative estimate of drug-likeness (QED) is 0.834. The van der Waals surface area contributed by atoms with Crippen molar-refractivity contribution < 1.29 is 13.2 Å². The molecule has 0 unspecified atom stereocenters. The molecule has 1 amide bonds. The third-order valence-electron chi connectivity index (χ3n) is 2.76. The SMILES string of the molecule is CS(=O)(=O)c1ccccc1NC(=O)CSc1ccccc1Cl. The normalized spacial score (nSPS) is 11.2. The van der Waals surface area contributed by atoms with Crippen LogP contribution in [0.5, 0.6) is 0 Å². The Labute approximate surface area is 138 Å². The molecule has 0 spiro atoms. The molecule has 0 aliphatic rings. The number of hydrogen-bond acceptors (Lipinski definition) is 4. The van der Waals surface area contributed by atoms with Crippen molar-refractivity contribution in [1.29, 1.82) is 0 Å². The molecule has 22 heavy (non-hydrogen) atoms. The van der Waals surface area contributed by atoms with E-state index in [9.17, 15) is 13.2 Å². The van der Waals surface area contributed by atoms with E-state index in [-0.39, 0.29) is 22.2 Å². The van der Waals surface area contributed by atoms with Crippen molar-refractivity contribution >= 4 is 44.8 Å². The van der Waals surface area contributed by atoms with E-state index in [2.05, 4.69) is 5.32 Å². The Morgan fingerprint density at radius 1 is 1.14 bits per heavy atom. The highest BCUT2D eigenvalue weighted by molar-refractivity contribution is 8.00. The van der Waals surface area contributed by atoms with Gasteiger partial charge in [0, 0.05) is 11.2 Å². The van der Waals surface area contributed by atoms with E-state index in [1.807, 2.05) is 18.2 Å². The van der Waals surface area contributed by atoms with Crippen molar-refractivity contribution in [2.75, 3.05) is 17.3 Å². The molecule has 7 heteroatoms. The van der Waals surface area contributed by atoms with Gasteiger partial charge in [-0.3, -0.25) is 4.79 Å². The van der Waals surface area contributed by atoms with E-state index in [0.29, 0.717) is 5.02 Å². The van der Waals surface area contributed by atoms with Gasteiger partial charge in [0.1, 0.15) is 0 Å². The number of sulfone groups is 1. The molecule has 4 nitrogen and oxygen atoms in total. The second kappa shape index (κ2) is 7.17. The van der Waals surface area contributed by atoms with Crippen LogP contribution in [-0.2, 0) is 14.6 Å². The van der Waals surface area contributed by atoms with Crippen LogP contribution in [0.3, 0.4) is 0 Å². The zero-order valence-corrected chi connectivity index (χ0v) is 14.1. The van der Waals surface area contributed by atoms with Gasteiger partial charge < -0.3 is 5.32 Å². The fourth-order valence-electron chi connectivity index (χ4n) is 1.78. The first-order chi connectivity index (χ1) is 10.4. The molecule has 0 aliphatic heterocycles. The number of para-hydroxylation sites is 1. The lowest BCUT2D eigenvalue weighted by molar-refractivity contribution is -0.113. The van der Waals surface area contributed by atoms with Gasteiger partial charge in [0.2, 0.25) is 5.91 Å². The Bertz CT molecular complexity index is 791. The number of anilines is 1. The summed E-state index contributed by atoms with van der Waals surface area (Å²) in [5.41, 5.74) is 0.287. The molecule has 2 aromatic carbocycles. The number of nitrogens with one attached hydrogen (secondary N) is 1. The zero-order chi connectivity index (χ0) is 16.2. The monoisotopic (exact) mass is 355 g/mol. The van der Waals surface area contributed by atoms with Gasteiger partial charge in [0.05, 0.1) is 21.4 Å². The standard InChI is InChI=1S/C15H14ClNO3S2/c1-22(19,20)14-9-5-3-7-12(14)17-15(18)10-21-13-8-4-2-6-11(13)16/h2-9H,10H2,1H3,(H,17,18). The summed E-state index contributed by atoms with van der Waals surface area (Å²) in [4.78, 5) is 12.9. The average molecular weight is 356 g/mol. The second-order valence-electron chi connectivity index (χ2n) is 4.54. The molecule has 0 heterocycles.